The van der Waals surface area contributed by atoms with Gasteiger partial charge in [0.05, 0.1) is 12.7 Å². The number of hydrogen-bond donors (Lipinski definition) is 1. The zero-order chi connectivity index (χ0) is 12.7. The molecule has 0 fully saturated rings. The second kappa shape index (κ2) is 7.41. The third-order valence-corrected chi connectivity index (χ3v) is 2.75. The van der Waals surface area contributed by atoms with Gasteiger partial charge in [0, 0.05) is 17.4 Å². The molecule has 1 rings (SSSR count). The van der Waals surface area contributed by atoms with Crippen molar-refractivity contribution in [3.8, 4) is 5.75 Å². The molecule has 0 heterocycles. The number of carbonyl (C=O) groups excluding carboxylic acids is 1. The first-order valence-electron chi connectivity index (χ1n) is 5.36. The van der Waals surface area contributed by atoms with Crippen LogP contribution >= 0.6 is 23.2 Å². The Morgan fingerprint density at radius 1 is 1.41 bits per heavy atom. The number of ether oxygens (including phenoxy) is 1. The molecule has 0 aliphatic carbocycles. The Labute approximate surface area is 111 Å². The highest BCUT2D eigenvalue weighted by Gasteiger charge is 2.11. The minimum Gasteiger partial charge on any atom is -0.496 e. The van der Waals surface area contributed by atoms with Crippen LogP contribution in [-0.2, 0) is 0 Å². The van der Waals surface area contributed by atoms with Crippen molar-refractivity contribution in [3.05, 3.63) is 28.8 Å². The highest BCUT2D eigenvalue weighted by molar-refractivity contribution is 6.31. The van der Waals surface area contributed by atoms with Crippen LogP contribution in [0.3, 0.4) is 0 Å². The number of benzene rings is 1. The molecule has 0 radical (unpaired) electrons. The summed E-state index contributed by atoms with van der Waals surface area (Å²) in [5, 5.41) is 3.31. The van der Waals surface area contributed by atoms with Gasteiger partial charge in [-0.3, -0.25) is 4.79 Å². The SMILES string of the molecule is COc1ccc(Cl)cc1C(=O)NCCCCCl. The maximum absolute atomic E-state index is 11.9. The van der Waals surface area contributed by atoms with Crippen LogP contribution < -0.4 is 10.1 Å². The quantitative estimate of drug-likeness (QED) is 0.640. The van der Waals surface area contributed by atoms with E-state index in [0.29, 0.717) is 28.8 Å². The van der Waals surface area contributed by atoms with Crippen LogP contribution in [0.25, 0.3) is 0 Å². The molecule has 1 aromatic carbocycles. The minimum absolute atomic E-state index is 0.182. The van der Waals surface area contributed by atoms with Crippen molar-refractivity contribution < 1.29 is 9.53 Å². The molecule has 3 nitrogen and oxygen atoms in total. The summed E-state index contributed by atoms with van der Waals surface area (Å²) in [5.41, 5.74) is 0.450. The zero-order valence-electron chi connectivity index (χ0n) is 9.63. The van der Waals surface area contributed by atoms with E-state index in [1.54, 1.807) is 18.2 Å². The van der Waals surface area contributed by atoms with Gasteiger partial charge in [0.2, 0.25) is 0 Å². The molecule has 0 bridgehead atoms. The van der Waals surface area contributed by atoms with E-state index in [4.69, 9.17) is 27.9 Å². The average molecular weight is 276 g/mol. The molecule has 0 unspecified atom stereocenters. The summed E-state index contributed by atoms with van der Waals surface area (Å²) in [6.45, 7) is 0.598. The van der Waals surface area contributed by atoms with E-state index in [9.17, 15) is 4.79 Å². The summed E-state index contributed by atoms with van der Waals surface area (Å²) in [4.78, 5) is 11.9. The van der Waals surface area contributed by atoms with Gasteiger partial charge in [0.15, 0.2) is 0 Å². The second-order valence-corrected chi connectivity index (χ2v) is 4.31. The van der Waals surface area contributed by atoms with Crippen molar-refractivity contribution in [3.63, 3.8) is 0 Å². The Kier molecular flexibility index (Phi) is 6.16. The van der Waals surface area contributed by atoms with Crippen molar-refractivity contribution in [1.29, 1.82) is 0 Å². The molecule has 1 N–H and O–H groups in total. The molecule has 0 saturated carbocycles. The molecule has 0 aliphatic heterocycles. The van der Waals surface area contributed by atoms with Gasteiger partial charge in [-0.25, -0.2) is 0 Å². The van der Waals surface area contributed by atoms with Crippen molar-refractivity contribution >= 4 is 29.1 Å². The molecule has 17 heavy (non-hydrogen) atoms. The lowest BCUT2D eigenvalue weighted by Crippen LogP contribution is -2.25. The number of methoxy groups -OCH3 is 1. The second-order valence-electron chi connectivity index (χ2n) is 3.50. The Morgan fingerprint density at radius 3 is 2.82 bits per heavy atom. The summed E-state index contributed by atoms with van der Waals surface area (Å²) >= 11 is 11.4. The summed E-state index contributed by atoms with van der Waals surface area (Å²) in [6, 6.07) is 4.96. The van der Waals surface area contributed by atoms with Gasteiger partial charge in [0.25, 0.3) is 5.91 Å². The van der Waals surface area contributed by atoms with Gasteiger partial charge < -0.3 is 10.1 Å². The molecular weight excluding hydrogens is 261 g/mol. The predicted octanol–water partition coefficient (Wildman–Crippen LogP) is 3.10. The predicted molar refractivity (Wildman–Crippen MR) is 70.3 cm³/mol. The Morgan fingerprint density at radius 2 is 2.18 bits per heavy atom. The van der Waals surface area contributed by atoms with E-state index in [1.165, 1.54) is 7.11 Å². The Bertz CT molecular complexity index is 383. The molecule has 94 valence electrons. The lowest BCUT2D eigenvalue weighted by molar-refractivity contribution is 0.0950. The number of nitrogens with one attached hydrogen (secondary N) is 1. The lowest BCUT2D eigenvalue weighted by Gasteiger charge is -2.09. The Hall–Kier alpha value is -0.930. The van der Waals surface area contributed by atoms with Gasteiger partial charge in [0.1, 0.15) is 5.75 Å². The molecule has 1 aromatic rings. The molecule has 0 aliphatic rings. The maximum Gasteiger partial charge on any atom is 0.255 e. The third-order valence-electron chi connectivity index (χ3n) is 2.25. The molecule has 1 amide bonds. The van der Waals surface area contributed by atoms with Gasteiger partial charge in [-0.15, -0.1) is 11.6 Å². The van der Waals surface area contributed by atoms with E-state index in [0.717, 1.165) is 12.8 Å². The maximum atomic E-state index is 11.9. The molecule has 0 saturated heterocycles. The van der Waals surface area contributed by atoms with Crippen LogP contribution in [0.1, 0.15) is 23.2 Å². The molecule has 5 heteroatoms. The summed E-state index contributed by atoms with van der Waals surface area (Å²) in [6.07, 6.45) is 1.74. The van der Waals surface area contributed by atoms with Crippen molar-refractivity contribution in [2.45, 2.75) is 12.8 Å². The van der Waals surface area contributed by atoms with Crippen LogP contribution in [0.5, 0.6) is 5.75 Å². The third kappa shape index (κ3) is 4.44. The van der Waals surface area contributed by atoms with Crippen LogP contribution in [0.15, 0.2) is 18.2 Å². The smallest absolute Gasteiger partial charge is 0.255 e. The number of carbonyl (C=O) groups is 1. The fourth-order valence-corrected chi connectivity index (χ4v) is 1.74. The number of rotatable bonds is 6. The lowest BCUT2D eigenvalue weighted by atomic mass is 10.2. The monoisotopic (exact) mass is 275 g/mol. The van der Waals surface area contributed by atoms with E-state index in [2.05, 4.69) is 5.32 Å². The molecule has 0 aromatic heterocycles. The Balaban J connectivity index is 2.64. The summed E-state index contributed by atoms with van der Waals surface area (Å²) in [5.74, 6) is 0.944. The fourth-order valence-electron chi connectivity index (χ4n) is 1.37. The standard InChI is InChI=1S/C12H15Cl2NO2/c1-17-11-5-4-9(14)8-10(11)12(16)15-7-3-2-6-13/h4-5,8H,2-3,6-7H2,1H3,(H,15,16). The van der Waals surface area contributed by atoms with E-state index < -0.39 is 0 Å². The van der Waals surface area contributed by atoms with Crippen molar-refractivity contribution in [2.24, 2.45) is 0 Å². The summed E-state index contributed by atoms with van der Waals surface area (Å²) in [7, 11) is 1.52. The average Bonchev–Trinajstić information content (AvgIpc) is 2.34. The number of hydrogen-bond acceptors (Lipinski definition) is 2. The van der Waals surface area contributed by atoms with E-state index in [1.807, 2.05) is 0 Å². The van der Waals surface area contributed by atoms with Crippen LogP contribution in [0.2, 0.25) is 5.02 Å². The van der Waals surface area contributed by atoms with Gasteiger partial charge in [-0.2, -0.15) is 0 Å². The topological polar surface area (TPSA) is 38.3 Å². The first-order valence-corrected chi connectivity index (χ1v) is 6.28. The largest absolute Gasteiger partial charge is 0.496 e. The molecule has 0 atom stereocenters. The highest BCUT2D eigenvalue weighted by Crippen LogP contribution is 2.22. The molecule has 0 spiro atoms. The summed E-state index contributed by atoms with van der Waals surface area (Å²) < 4.78 is 5.11. The van der Waals surface area contributed by atoms with E-state index >= 15 is 0 Å². The number of alkyl halides is 1. The van der Waals surface area contributed by atoms with Gasteiger partial charge in [-0.1, -0.05) is 11.6 Å². The first kappa shape index (κ1) is 14.1. The first-order chi connectivity index (χ1) is 8.19. The minimum atomic E-state index is -0.182. The molecular formula is C12H15Cl2NO2. The van der Waals surface area contributed by atoms with Gasteiger partial charge >= 0.3 is 0 Å². The fraction of sp³-hybridized carbons (Fsp3) is 0.417. The highest BCUT2D eigenvalue weighted by atomic mass is 35.5. The van der Waals surface area contributed by atoms with Crippen molar-refractivity contribution in [2.75, 3.05) is 19.5 Å². The number of unbranched alkanes of at least 4 members (excludes halogenated alkanes) is 1. The van der Waals surface area contributed by atoms with E-state index in [-0.39, 0.29) is 5.91 Å². The van der Waals surface area contributed by atoms with Crippen LogP contribution in [0, 0.1) is 0 Å². The van der Waals surface area contributed by atoms with Crippen LogP contribution in [-0.4, -0.2) is 25.4 Å². The number of halogens is 2. The van der Waals surface area contributed by atoms with Gasteiger partial charge in [-0.05, 0) is 31.0 Å². The van der Waals surface area contributed by atoms with Crippen molar-refractivity contribution in [1.82, 2.24) is 5.32 Å². The normalized spacial score (nSPS) is 10.1. The van der Waals surface area contributed by atoms with Crippen LogP contribution in [0.4, 0.5) is 0 Å². The number of amides is 1. The zero-order valence-corrected chi connectivity index (χ0v) is 11.1.